The molecule has 3 rings (SSSR count). The number of halogens is 1. The van der Waals surface area contributed by atoms with Crippen LogP contribution in [0.2, 0.25) is 5.02 Å². The lowest BCUT2D eigenvalue weighted by Crippen LogP contribution is -2.39. The van der Waals surface area contributed by atoms with Gasteiger partial charge in [-0.25, -0.2) is 0 Å². The highest BCUT2D eigenvalue weighted by Gasteiger charge is 2.32. The second kappa shape index (κ2) is 5.36. The minimum Gasteiger partial charge on any atom is -0.316 e. The van der Waals surface area contributed by atoms with Crippen molar-refractivity contribution in [3.05, 3.63) is 70.2 Å². The summed E-state index contributed by atoms with van der Waals surface area (Å²) in [5.41, 5.74) is 4.22. The average molecular weight is 272 g/mol. The van der Waals surface area contributed by atoms with Crippen LogP contribution in [0.4, 0.5) is 0 Å². The molecule has 0 saturated heterocycles. The van der Waals surface area contributed by atoms with Crippen molar-refractivity contribution < 1.29 is 0 Å². The van der Waals surface area contributed by atoms with Gasteiger partial charge in [0, 0.05) is 17.0 Å². The lowest BCUT2D eigenvalue weighted by molar-refractivity contribution is 0.422. The summed E-state index contributed by atoms with van der Waals surface area (Å²) in [6, 6.07) is 17.3. The van der Waals surface area contributed by atoms with Crippen LogP contribution in [0.3, 0.4) is 0 Å². The molecule has 0 fully saturated rings. The van der Waals surface area contributed by atoms with Crippen LogP contribution in [-0.2, 0) is 12.8 Å². The average Bonchev–Trinajstić information content (AvgIpc) is 2.41. The molecule has 1 N–H and O–H groups in total. The summed E-state index contributed by atoms with van der Waals surface area (Å²) in [6.07, 6.45) is 2.15. The standard InChI is InChI=1S/C17H18ClN/c1-19-17(11-13-7-3-5-9-16(13)18)15-10-12-6-2-4-8-14(12)15/h2-9,15,17,19H,10-11H2,1H3. The molecule has 0 bridgehead atoms. The Morgan fingerprint density at radius 1 is 1.16 bits per heavy atom. The third-order valence-corrected chi connectivity index (χ3v) is 4.52. The van der Waals surface area contributed by atoms with Crippen molar-refractivity contribution in [3.8, 4) is 0 Å². The van der Waals surface area contributed by atoms with Gasteiger partial charge in [0.25, 0.3) is 0 Å². The molecule has 2 unspecified atom stereocenters. The maximum atomic E-state index is 6.26. The second-order valence-electron chi connectivity index (χ2n) is 5.20. The minimum absolute atomic E-state index is 0.454. The van der Waals surface area contributed by atoms with Gasteiger partial charge in [0.1, 0.15) is 0 Å². The van der Waals surface area contributed by atoms with Crippen LogP contribution in [0.15, 0.2) is 48.5 Å². The monoisotopic (exact) mass is 271 g/mol. The van der Waals surface area contributed by atoms with Gasteiger partial charge in [-0.15, -0.1) is 0 Å². The lowest BCUT2D eigenvalue weighted by atomic mass is 9.72. The molecule has 98 valence electrons. The Labute approximate surface area is 119 Å². The number of likely N-dealkylation sites (N-methyl/N-ethyl adjacent to an activating group) is 1. The van der Waals surface area contributed by atoms with Gasteiger partial charge >= 0.3 is 0 Å². The molecule has 0 aliphatic heterocycles. The molecule has 0 heterocycles. The first kappa shape index (κ1) is 12.7. The maximum Gasteiger partial charge on any atom is 0.0438 e. The summed E-state index contributed by atoms with van der Waals surface area (Å²) < 4.78 is 0. The fraction of sp³-hybridized carbons (Fsp3) is 0.294. The van der Waals surface area contributed by atoms with Crippen LogP contribution in [-0.4, -0.2) is 13.1 Å². The predicted molar refractivity (Wildman–Crippen MR) is 80.9 cm³/mol. The van der Waals surface area contributed by atoms with Gasteiger partial charge in [-0.05, 0) is 42.6 Å². The largest absolute Gasteiger partial charge is 0.316 e. The molecule has 0 radical (unpaired) electrons. The molecule has 2 aromatic rings. The van der Waals surface area contributed by atoms with E-state index in [9.17, 15) is 0 Å². The van der Waals surface area contributed by atoms with Gasteiger partial charge in [0.2, 0.25) is 0 Å². The number of nitrogens with one attached hydrogen (secondary N) is 1. The first-order valence-corrected chi connectivity index (χ1v) is 7.16. The molecule has 1 aliphatic carbocycles. The number of hydrogen-bond acceptors (Lipinski definition) is 1. The Balaban J connectivity index is 1.79. The van der Waals surface area contributed by atoms with E-state index in [-0.39, 0.29) is 0 Å². The van der Waals surface area contributed by atoms with E-state index in [2.05, 4.69) is 41.7 Å². The molecule has 2 heteroatoms. The number of fused-ring (bicyclic) bond motifs is 1. The zero-order chi connectivity index (χ0) is 13.2. The molecule has 0 spiro atoms. The van der Waals surface area contributed by atoms with E-state index in [1.54, 1.807) is 0 Å². The van der Waals surface area contributed by atoms with Crippen molar-refractivity contribution in [2.75, 3.05) is 7.05 Å². The molecule has 1 aliphatic rings. The van der Waals surface area contributed by atoms with Crippen LogP contribution < -0.4 is 5.32 Å². The van der Waals surface area contributed by atoms with Gasteiger partial charge < -0.3 is 5.32 Å². The van der Waals surface area contributed by atoms with E-state index < -0.39 is 0 Å². The zero-order valence-corrected chi connectivity index (χ0v) is 11.8. The van der Waals surface area contributed by atoms with E-state index in [0.29, 0.717) is 12.0 Å². The van der Waals surface area contributed by atoms with Crippen molar-refractivity contribution in [2.45, 2.75) is 24.8 Å². The van der Waals surface area contributed by atoms with Crippen molar-refractivity contribution in [1.29, 1.82) is 0 Å². The summed E-state index contributed by atoms with van der Waals surface area (Å²) in [6.45, 7) is 0. The summed E-state index contributed by atoms with van der Waals surface area (Å²) in [4.78, 5) is 0. The smallest absolute Gasteiger partial charge is 0.0438 e. The van der Waals surface area contributed by atoms with Crippen LogP contribution >= 0.6 is 11.6 Å². The van der Waals surface area contributed by atoms with E-state index in [4.69, 9.17) is 11.6 Å². The number of rotatable bonds is 4. The molecular formula is C17H18ClN. The highest BCUT2D eigenvalue weighted by atomic mass is 35.5. The predicted octanol–water partition coefficient (Wildman–Crippen LogP) is 3.81. The van der Waals surface area contributed by atoms with Crippen LogP contribution in [0, 0.1) is 0 Å². The topological polar surface area (TPSA) is 12.0 Å². The Morgan fingerprint density at radius 3 is 2.63 bits per heavy atom. The molecule has 19 heavy (non-hydrogen) atoms. The van der Waals surface area contributed by atoms with Gasteiger partial charge in [-0.1, -0.05) is 54.1 Å². The van der Waals surface area contributed by atoms with Gasteiger partial charge in [-0.2, -0.15) is 0 Å². The van der Waals surface area contributed by atoms with Gasteiger partial charge in [0.15, 0.2) is 0 Å². The van der Waals surface area contributed by atoms with E-state index in [1.807, 2.05) is 19.2 Å². The molecule has 1 nitrogen and oxygen atoms in total. The Kier molecular flexibility index (Phi) is 3.58. The zero-order valence-electron chi connectivity index (χ0n) is 11.1. The molecular weight excluding hydrogens is 254 g/mol. The van der Waals surface area contributed by atoms with Crippen LogP contribution in [0.25, 0.3) is 0 Å². The lowest BCUT2D eigenvalue weighted by Gasteiger charge is -2.36. The van der Waals surface area contributed by atoms with Crippen LogP contribution in [0.5, 0.6) is 0 Å². The van der Waals surface area contributed by atoms with Gasteiger partial charge in [-0.3, -0.25) is 0 Å². The Morgan fingerprint density at radius 2 is 1.89 bits per heavy atom. The number of hydrogen-bond donors (Lipinski definition) is 1. The van der Waals surface area contributed by atoms with Gasteiger partial charge in [0.05, 0.1) is 0 Å². The highest BCUT2D eigenvalue weighted by Crippen LogP contribution is 2.38. The summed E-state index contributed by atoms with van der Waals surface area (Å²) in [5.74, 6) is 0.609. The summed E-state index contributed by atoms with van der Waals surface area (Å²) in [7, 11) is 2.04. The first-order valence-electron chi connectivity index (χ1n) is 6.78. The normalized spacial score (nSPS) is 18.5. The first-order chi connectivity index (χ1) is 9.29. The minimum atomic E-state index is 0.454. The van der Waals surface area contributed by atoms with E-state index in [1.165, 1.54) is 23.1 Å². The highest BCUT2D eigenvalue weighted by molar-refractivity contribution is 6.31. The summed E-state index contributed by atoms with van der Waals surface area (Å²) in [5, 5.41) is 4.33. The molecule has 2 atom stereocenters. The molecule has 0 aromatic heterocycles. The fourth-order valence-electron chi connectivity index (χ4n) is 3.00. The second-order valence-corrected chi connectivity index (χ2v) is 5.61. The van der Waals surface area contributed by atoms with Crippen molar-refractivity contribution in [2.24, 2.45) is 0 Å². The third kappa shape index (κ3) is 2.41. The Hall–Kier alpha value is -1.31. The maximum absolute atomic E-state index is 6.26. The number of benzene rings is 2. The van der Waals surface area contributed by atoms with Crippen molar-refractivity contribution in [1.82, 2.24) is 5.32 Å². The fourth-order valence-corrected chi connectivity index (χ4v) is 3.22. The SMILES string of the molecule is CNC(Cc1ccccc1Cl)C1Cc2ccccc21. The van der Waals surface area contributed by atoms with Crippen molar-refractivity contribution in [3.63, 3.8) is 0 Å². The molecule has 0 saturated carbocycles. The van der Waals surface area contributed by atoms with Crippen molar-refractivity contribution >= 4 is 11.6 Å². The molecule has 2 aromatic carbocycles. The quantitative estimate of drug-likeness (QED) is 0.892. The third-order valence-electron chi connectivity index (χ3n) is 4.15. The summed E-state index contributed by atoms with van der Waals surface area (Å²) >= 11 is 6.26. The van der Waals surface area contributed by atoms with Crippen LogP contribution in [0.1, 0.15) is 22.6 Å². The van der Waals surface area contributed by atoms with E-state index in [0.717, 1.165) is 11.4 Å². The Bertz CT molecular complexity index is 579. The van der Waals surface area contributed by atoms with E-state index >= 15 is 0 Å². The molecule has 0 amide bonds.